The second-order valence-corrected chi connectivity index (χ2v) is 6.53. The van der Waals surface area contributed by atoms with Crippen molar-refractivity contribution in [2.75, 3.05) is 6.54 Å². The van der Waals surface area contributed by atoms with Crippen molar-refractivity contribution >= 4 is 37.6 Å². The molecule has 0 bridgehead atoms. The van der Waals surface area contributed by atoms with Gasteiger partial charge in [-0.25, -0.2) is 18.1 Å². The average Bonchev–Trinajstić information content (AvgIpc) is 2.28. The Hall–Kier alpha value is -0.170. The van der Waals surface area contributed by atoms with Gasteiger partial charge < -0.3 is 0 Å². The maximum atomic E-state index is 11.8. The Labute approximate surface area is 115 Å². The molecule has 1 aromatic rings. The molecule has 0 aliphatic heterocycles. The van der Waals surface area contributed by atoms with Crippen molar-refractivity contribution in [2.24, 2.45) is 0 Å². The lowest BCUT2D eigenvalue weighted by Crippen LogP contribution is -2.24. The van der Waals surface area contributed by atoms with Crippen LogP contribution in [-0.2, 0) is 10.0 Å². The summed E-state index contributed by atoms with van der Waals surface area (Å²) in [4.78, 5) is 3.90. The van der Waals surface area contributed by atoms with Crippen LogP contribution in [0.1, 0.15) is 26.2 Å². The number of hydrogen-bond acceptors (Lipinski definition) is 3. The van der Waals surface area contributed by atoms with Crippen LogP contribution >= 0.6 is 27.5 Å². The van der Waals surface area contributed by atoms with Gasteiger partial charge in [0.05, 0.1) is 4.47 Å². The summed E-state index contributed by atoms with van der Waals surface area (Å²) in [6.07, 6.45) is 4.13. The highest BCUT2D eigenvalue weighted by Crippen LogP contribution is 2.22. The topological polar surface area (TPSA) is 59.1 Å². The summed E-state index contributed by atoms with van der Waals surface area (Å²) in [5.41, 5.74) is 0. The second kappa shape index (κ2) is 6.68. The molecule has 0 amide bonds. The summed E-state index contributed by atoms with van der Waals surface area (Å²) in [7, 11) is -3.48. The third kappa shape index (κ3) is 4.54. The Morgan fingerprint density at radius 2 is 2.18 bits per heavy atom. The molecule has 1 rings (SSSR count). The van der Waals surface area contributed by atoms with E-state index in [0.717, 1.165) is 19.3 Å². The minimum Gasteiger partial charge on any atom is -0.242 e. The second-order valence-electron chi connectivity index (χ2n) is 3.55. The predicted octanol–water partition coefficient (Wildman–Crippen LogP) is 2.97. The molecule has 1 N–H and O–H groups in total. The molecule has 0 saturated carbocycles. The van der Waals surface area contributed by atoms with E-state index in [1.54, 1.807) is 0 Å². The van der Waals surface area contributed by atoms with E-state index in [1.165, 1.54) is 12.3 Å². The summed E-state index contributed by atoms with van der Waals surface area (Å²) < 4.78 is 26.7. The normalized spacial score (nSPS) is 11.7. The summed E-state index contributed by atoms with van der Waals surface area (Å²) in [6, 6.07) is 1.44. The molecule has 0 spiro atoms. The zero-order valence-corrected chi connectivity index (χ0v) is 12.6. The molecule has 1 heterocycles. The standard InChI is InChI=1S/C10H14BrClN2O2S/c1-2-3-4-5-14-17(15,16)8-6-9(11)10(12)13-7-8/h6-7,14H,2-5H2,1H3. The van der Waals surface area contributed by atoms with E-state index < -0.39 is 10.0 Å². The van der Waals surface area contributed by atoms with E-state index in [-0.39, 0.29) is 10.0 Å². The fourth-order valence-corrected chi connectivity index (χ4v) is 2.86. The lowest BCUT2D eigenvalue weighted by Gasteiger charge is -2.06. The first-order valence-electron chi connectivity index (χ1n) is 5.28. The first kappa shape index (κ1) is 14.9. The largest absolute Gasteiger partial charge is 0.242 e. The van der Waals surface area contributed by atoms with Crippen LogP contribution in [0, 0.1) is 0 Å². The number of nitrogens with one attached hydrogen (secondary N) is 1. The van der Waals surface area contributed by atoms with E-state index in [0.29, 0.717) is 11.0 Å². The molecule has 0 atom stereocenters. The molecule has 17 heavy (non-hydrogen) atoms. The highest BCUT2D eigenvalue weighted by molar-refractivity contribution is 9.10. The lowest BCUT2D eigenvalue weighted by atomic mass is 10.3. The van der Waals surface area contributed by atoms with Crippen molar-refractivity contribution in [2.45, 2.75) is 31.1 Å². The van der Waals surface area contributed by atoms with Gasteiger partial charge in [0, 0.05) is 12.7 Å². The zero-order chi connectivity index (χ0) is 12.9. The molecule has 0 aromatic carbocycles. The molecule has 0 aliphatic rings. The molecule has 0 radical (unpaired) electrons. The number of unbranched alkanes of at least 4 members (excludes halogenated alkanes) is 2. The highest BCUT2D eigenvalue weighted by Gasteiger charge is 2.15. The van der Waals surface area contributed by atoms with Crippen LogP contribution in [0.15, 0.2) is 21.6 Å². The summed E-state index contributed by atoms with van der Waals surface area (Å²) in [5.74, 6) is 0. The van der Waals surface area contributed by atoms with Gasteiger partial charge in [0.2, 0.25) is 10.0 Å². The van der Waals surface area contributed by atoms with Crippen LogP contribution in [0.5, 0.6) is 0 Å². The monoisotopic (exact) mass is 340 g/mol. The minimum atomic E-state index is -3.48. The van der Waals surface area contributed by atoms with Crippen LogP contribution in [0.4, 0.5) is 0 Å². The van der Waals surface area contributed by atoms with Crippen LogP contribution in [0.2, 0.25) is 5.15 Å². The summed E-state index contributed by atoms with van der Waals surface area (Å²) >= 11 is 8.85. The SMILES string of the molecule is CCCCCNS(=O)(=O)c1cnc(Cl)c(Br)c1. The molecule has 7 heteroatoms. The van der Waals surface area contributed by atoms with Crippen molar-refractivity contribution in [1.29, 1.82) is 0 Å². The van der Waals surface area contributed by atoms with Gasteiger partial charge in [0.1, 0.15) is 10.0 Å². The van der Waals surface area contributed by atoms with Crippen LogP contribution in [-0.4, -0.2) is 19.9 Å². The zero-order valence-electron chi connectivity index (χ0n) is 9.41. The molecular weight excluding hydrogens is 328 g/mol. The summed E-state index contributed by atoms with van der Waals surface area (Å²) in [6.45, 7) is 2.51. The van der Waals surface area contributed by atoms with Gasteiger partial charge in [-0.1, -0.05) is 31.4 Å². The van der Waals surface area contributed by atoms with Crippen LogP contribution in [0.25, 0.3) is 0 Å². The van der Waals surface area contributed by atoms with Gasteiger partial charge >= 0.3 is 0 Å². The first-order valence-corrected chi connectivity index (χ1v) is 7.93. The van der Waals surface area contributed by atoms with E-state index in [2.05, 4.69) is 32.6 Å². The number of pyridine rings is 1. The molecule has 0 aliphatic carbocycles. The Balaban J connectivity index is 2.72. The number of aromatic nitrogens is 1. The third-order valence-corrected chi connectivity index (χ3v) is 4.72. The Morgan fingerprint density at radius 1 is 1.47 bits per heavy atom. The van der Waals surface area contributed by atoms with Crippen LogP contribution < -0.4 is 4.72 Å². The van der Waals surface area contributed by atoms with E-state index >= 15 is 0 Å². The van der Waals surface area contributed by atoms with Crippen molar-refractivity contribution in [3.05, 3.63) is 21.9 Å². The van der Waals surface area contributed by atoms with E-state index in [4.69, 9.17) is 11.6 Å². The molecule has 96 valence electrons. The van der Waals surface area contributed by atoms with Crippen molar-refractivity contribution < 1.29 is 8.42 Å². The third-order valence-electron chi connectivity index (χ3n) is 2.15. The van der Waals surface area contributed by atoms with Gasteiger partial charge in [-0.05, 0) is 28.4 Å². The number of halogens is 2. The Kier molecular flexibility index (Phi) is 5.85. The molecule has 1 aromatic heterocycles. The molecular formula is C10H14BrClN2O2S. The quantitative estimate of drug-likeness (QED) is 0.639. The maximum absolute atomic E-state index is 11.8. The van der Waals surface area contributed by atoms with Crippen molar-refractivity contribution in [3.63, 3.8) is 0 Å². The smallest absolute Gasteiger partial charge is 0.242 e. The lowest BCUT2D eigenvalue weighted by molar-refractivity contribution is 0.575. The fourth-order valence-electron chi connectivity index (χ4n) is 1.22. The number of nitrogens with zero attached hydrogens (tertiary/aromatic N) is 1. The molecule has 0 unspecified atom stereocenters. The van der Waals surface area contributed by atoms with Gasteiger partial charge in [-0.15, -0.1) is 0 Å². The average molecular weight is 342 g/mol. The van der Waals surface area contributed by atoms with Gasteiger partial charge in [-0.2, -0.15) is 0 Å². The first-order chi connectivity index (χ1) is 7.97. The highest BCUT2D eigenvalue weighted by atomic mass is 79.9. The Morgan fingerprint density at radius 3 is 2.76 bits per heavy atom. The van der Waals surface area contributed by atoms with Gasteiger partial charge in [0.15, 0.2) is 0 Å². The van der Waals surface area contributed by atoms with E-state index in [9.17, 15) is 8.42 Å². The summed E-state index contributed by atoms with van der Waals surface area (Å²) in [5, 5.41) is 0.245. The predicted molar refractivity (Wildman–Crippen MR) is 71.7 cm³/mol. The number of sulfonamides is 1. The maximum Gasteiger partial charge on any atom is 0.242 e. The van der Waals surface area contributed by atoms with Crippen molar-refractivity contribution in [3.8, 4) is 0 Å². The van der Waals surface area contributed by atoms with E-state index in [1.807, 2.05) is 0 Å². The van der Waals surface area contributed by atoms with Crippen LogP contribution in [0.3, 0.4) is 0 Å². The number of rotatable bonds is 6. The molecule has 0 fully saturated rings. The van der Waals surface area contributed by atoms with Gasteiger partial charge in [-0.3, -0.25) is 0 Å². The van der Waals surface area contributed by atoms with Crippen molar-refractivity contribution in [1.82, 2.24) is 9.71 Å². The fraction of sp³-hybridized carbons (Fsp3) is 0.500. The minimum absolute atomic E-state index is 0.116. The Bertz CT molecular complexity index is 479. The molecule has 4 nitrogen and oxygen atoms in total. The van der Waals surface area contributed by atoms with Gasteiger partial charge in [0.25, 0.3) is 0 Å². The molecule has 0 saturated heterocycles. The number of hydrogen-bond donors (Lipinski definition) is 1.